The summed E-state index contributed by atoms with van der Waals surface area (Å²) in [7, 11) is 1.68. The molecule has 170 valence electrons. The van der Waals surface area contributed by atoms with E-state index < -0.39 is 0 Å². The summed E-state index contributed by atoms with van der Waals surface area (Å²) in [5.74, 6) is 1.56. The van der Waals surface area contributed by atoms with Gasteiger partial charge in [0.05, 0.1) is 23.9 Å². The maximum absolute atomic E-state index is 13.0. The molecule has 2 aliphatic rings. The molecule has 2 aliphatic heterocycles. The first-order chi connectivity index (χ1) is 16.1. The van der Waals surface area contributed by atoms with Crippen molar-refractivity contribution in [2.45, 2.75) is 31.8 Å². The Kier molecular flexibility index (Phi) is 5.92. The molecule has 0 radical (unpaired) electrons. The van der Waals surface area contributed by atoms with E-state index in [0.29, 0.717) is 31.0 Å². The highest BCUT2D eigenvalue weighted by molar-refractivity contribution is 5.94. The SMILES string of the molecule is COc1ccccc1CN1CCc2nc([C@@H]3CCN(C(=O)c4cccnc4)C3)[nH]c(=O)c2C1. The first-order valence-electron chi connectivity index (χ1n) is 11.3. The first kappa shape index (κ1) is 21.3. The molecule has 33 heavy (non-hydrogen) atoms. The Bertz CT molecular complexity index is 1210. The van der Waals surface area contributed by atoms with Crippen LogP contribution in [0.5, 0.6) is 5.75 Å². The second-order valence-electron chi connectivity index (χ2n) is 8.63. The third kappa shape index (κ3) is 4.39. The minimum Gasteiger partial charge on any atom is -0.496 e. The van der Waals surface area contributed by atoms with E-state index in [4.69, 9.17) is 9.72 Å². The number of hydrogen-bond acceptors (Lipinski definition) is 6. The normalized spacial score (nSPS) is 18.2. The van der Waals surface area contributed by atoms with Gasteiger partial charge in [0.15, 0.2) is 0 Å². The van der Waals surface area contributed by atoms with Gasteiger partial charge in [-0.15, -0.1) is 0 Å². The average molecular weight is 446 g/mol. The third-order valence-electron chi connectivity index (χ3n) is 6.52. The Labute approximate surface area is 192 Å². The van der Waals surface area contributed by atoms with Crippen LogP contribution in [-0.4, -0.2) is 57.4 Å². The number of rotatable bonds is 5. The van der Waals surface area contributed by atoms with Crippen molar-refractivity contribution in [3.63, 3.8) is 0 Å². The van der Waals surface area contributed by atoms with Gasteiger partial charge in [-0.3, -0.25) is 19.5 Å². The smallest absolute Gasteiger partial charge is 0.255 e. The summed E-state index contributed by atoms with van der Waals surface area (Å²) in [5, 5.41) is 0. The summed E-state index contributed by atoms with van der Waals surface area (Å²) in [6.07, 6.45) is 4.76. The van der Waals surface area contributed by atoms with Crippen molar-refractivity contribution in [1.82, 2.24) is 24.8 Å². The standard InChI is InChI=1S/C25H27N5O3/c1-33-22-7-3-2-5-18(22)14-29-11-9-21-20(16-29)24(31)28-23(27-21)19-8-12-30(15-19)25(32)17-6-4-10-26-13-17/h2-7,10,13,19H,8-9,11-12,14-16H2,1H3,(H,27,28,31)/t19-/m1/s1. The average Bonchev–Trinajstić information content (AvgIpc) is 3.35. The maximum Gasteiger partial charge on any atom is 0.255 e. The van der Waals surface area contributed by atoms with E-state index >= 15 is 0 Å². The molecular weight excluding hydrogens is 418 g/mol. The Morgan fingerprint density at radius 1 is 1.21 bits per heavy atom. The van der Waals surface area contributed by atoms with Crippen molar-refractivity contribution < 1.29 is 9.53 Å². The minimum absolute atomic E-state index is 0.0297. The fourth-order valence-electron chi connectivity index (χ4n) is 4.74. The zero-order valence-corrected chi connectivity index (χ0v) is 18.7. The van der Waals surface area contributed by atoms with Crippen molar-refractivity contribution in [3.05, 3.63) is 87.4 Å². The fraction of sp³-hybridized carbons (Fsp3) is 0.360. The largest absolute Gasteiger partial charge is 0.496 e. The van der Waals surface area contributed by atoms with Crippen LogP contribution in [0.15, 0.2) is 53.6 Å². The summed E-state index contributed by atoms with van der Waals surface area (Å²) < 4.78 is 5.47. The lowest BCUT2D eigenvalue weighted by molar-refractivity contribution is 0.0790. The lowest BCUT2D eigenvalue weighted by Crippen LogP contribution is -2.36. The van der Waals surface area contributed by atoms with Gasteiger partial charge in [0.25, 0.3) is 11.5 Å². The number of fused-ring (bicyclic) bond motifs is 1. The molecule has 0 spiro atoms. The Morgan fingerprint density at radius 3 is 2.91 bits per heavy atom. The predicted molar refractivity (Wildman–Crippen MR) is 123 cm³/mol. The number of pyridine rings is 1. The van der Waals surface area contributed by atoms with Crippen molar-refractivity contribution in [1.29, 1.82) is 0 Å². The van der Waals surface area contributed by atoms with E-state index in [1.54, 1.807) is 31.6 Å². The number of amides is 1. The highest BCUT2D eigenvalue weighted by Crippen LogP contribution is 2.27. The summed E-state index contributed by atoms with van der Waals surface area (Å²) in [6.45, 7) is 3.31. The number of aromatic nitrogens is 3. The molecule has 1 fully saturated rings. The maximum atomic E-state index is 13.0. The topological polar surface area (TPSA) is 91.4 Å². The molecule has 4 heterocycles. The number of hydrogen-bond donors (Lipinski definition) is 1. The first-order valence-corrected chi connectivity index (χ1v) is 11.3. The molecule has 8 nitrogen and oxygen atoms in total. The number of likely N-dealkylation sites (tertiary alicyclic amines) is 1. The number of para-hydroxylation sites is 1. The van der Waals surface area contributed by atoms with Crippen molar-refractivity contribution in [3.8, 4) is 5.75 Å². The van der Waals surface area contributed by atoms with Crippen LogP contribution in [0.1, 0.15) is 45.3 Å². The van der Waals surface area contributed by atoms with Crippen LogP contribution in [0.2, 0.25) is 0 Å². The highest BCUT2D eigenvalue weighted by Gasteiger charge is 2.31. The molecule has 0 unspecified atom stereocenters. The number of H-pyrrole nitrogens is 1. The summed E-state index contributed by atoms with van der Waals surface area (Å²) in [5.41, 5.74) is 3.23. The quantitative estimate of drug-likeness (QED) is 0.648. The fourth-order valence-corrected chi connectivity index (χ4v) is 4.74. The monoisotopic (exact) mass is 445 g/mol. The third-order valence-corrected chi connectivity index (χ3v) is 6.52. The highest BCUT2D eigenvalue weighted by atomic mass is 16.5. The van der Waals surface area contributed by atoms with Crippen LogP contribution in [0, 0.1) is 0 Å². The van der Waals surface area contributed by atoms with Crippen LogP contribution in [-0.2, 0) is 19.5 Å². The summed E-state index contributed by atoms with van der Waals surface area (Å²) in [4.78, 5) is 41.7. The predicted octanol–water partition coefficient (Wildman–Crippen LogP) is 2.36. The van der Waals surface area contributed by atoms with E-state index in [-0.39, 0.29) is 17.4 Å². The molecule has 0 bridgehead atoms. The van der Waals surface area contributed by atoms with Crippen molar-refractivity contribution in [2.75, 3.05) is 26.7 Å². The van der Waals surface area contributed by atoms with Gasteiger partial charge in [0, 0.05) is 63.0 Å². The number of methoxy groups -OCH3 is 1. The number of aromatic amines is 1. The Morgan fingerprint density at radius 2 is 2.09 bits per heavy atom. The van der Waals surface area contributed by atoms with E-state index in [9.17, 15) is 9.59 Å². The van der Waals surface area contributed by atoms with Crippen LogP contribution < -0.4 is 10.3 Å². The van der Waals surface area contributed by atoms with Gasteiger partial charge in [-0.1, -0.05) is 18.2 Å². The molecule has 1 atom stereocenters. The number of nitrogens with one attached hydrogen (secondary N) is 1. The van der Waals surface area contributed by atoms with Gasteiger partial charge in [-0.25, -0.2) is 4.98 Å². The van der Waals surface area contributed by atoms with Crippen molar-refractivity contribution >= 4 is 5.91 Å². The Balaban J connectivity index is 1.29. The van der Waals surface area contributed by atoms with Gasteiger partial charge in [0.2, 0.25) is 0 Å². The summed E-state index contributed by atoms with van der Waals surface area (Å²) >= 11 is 0. The molecule has 5 rings (SSSR count). The summed E-state index contributed by atoms with van der Waals surface area (Å²) in [6, 6.07) is 11.5. The molecule has 1 saturated heterocycles. The lowest BCUT2D eigenvalue weighted by Gasteiger charge is -2.28. The molecule has 2 aromatic heterocycles. The second kappa shape index (κ2) is 9.15. The molecular formula is C25H27N5O3. The Hall–Kier alpha value is -3.52. The molecule has 1 aromatic carbocycles. The van der Waals surface area contributed by atoms with Gasteiger partial charge < -0.3 is 14.6 Å². The van der Waals surface area contributed by atoms with E-state index in [2.05, 4.69) is 20.9 Å². The number of benzene rings is 1. The van der Waals surface area contributed by atoms with Crippen molar-refractivity contribution in [2.24, 2.45) is 0 Å². The second-order valence-corrected chi connectivity index (χ2v) is 8.63. The number of carbonyl (C=O) groups is 1. The van der Waals surface area contributed by atoms with Crippen LogP contribution in [0.25, 0.3) is 0 Å². The van der Waals surface area contributed by atoms with E-state index in [1.807, 2.05) is 23.1 Å². The molecule has 1 N–H and O–H groups in total. The van der Waals surface area contributed by atoms with Gasteiger partial charge >= 0.3 is 0 Å². The van der Waals surface area contributed by atoms with Gasteiger partial charge in [-0.05, 0) is 24.6 Å². The van der Waals surface area contributed by atoms with Gasteiger partial charge in [-0.2, -0.15) is 0 Å². The van der Waals surface area contributed by atoms with Crippen LogP contribution in [0.4, 0.5) is 0 Å². The molecule has 0 aliphatic carbocycles. The van der Waals surface area contributed by atoms with Crippen LogP contribution >= 0.6 is 0 Å². The van der Waals surface area contributed by atoms with E-state index in [1.165, 1.54) is 0 Å². The molecule has 3 aromatic rings. The van der Waals surface area contributed by atoms with Gasteiger partial charge in [0.1, 0.15) is 11.6 Å². The molecule has 1 amide bonds. The molecule has 0 saturated carbocycles. The lowest BCUT2D eigenvalue weighted by atomic mass is 10.0. The van der Waals surface area contributed by atoms with Crippen LogP contribution in [0.3, 0.4) is 0 Å². The zero-order chi connectivity index (χ0) is 22.8. The minimum atomic E-state index is -0.0724. The molecule has 8 heteroatoms. The zero-order valence-electron chi connectivity index (χ0n) is 18.7. The van der Waals surface area contributed by atoms with E-state index in [0.717, 1.165) is 48.5 Å². The number of ether oxygens (including phenoxy) is 1. The number of carbonyl (C=O) groups excluding carboxylic acids is 1. The number of nitrogens with zero attached hydrogens (tertiary/aromatic N) is 4.